The minimum atomic E-state index is -0.379. The van der Waals surface area contributed by atoms with E-state index in [2.05, 4.69) is 6.58 Å². The predicted octanol–water partition coefficient (Wildman–Crippen LogP) is 3.86. The van der Waals surface area contributed by atoms with Crippen LogP contribution in [0.2, 0.25) is 0 Å². The number of unbranched alkanes of at least 4 members (excludes halogenated alkanes) is 1. The van der Waals surface area contributed by atoms with E-state index in [1.807, 2.05) is 45.0 Å². The second-order valence-corrected chi connectivity index (χ2v) is 4.63. The van der Waals surface area contributed by atoms with Crippen LogP contribution in [-0.4, -0.2) is 18.5 Å². The second-order valence-electron chi connectivity index (χ2n) is 4.63. The quantitative estimate of drug-likeness (QED) is 0.415. The molecule has 0 bridgehead atoms. The van der Waals surface area contributed by atoms with Gasteiger partial charge in [-0.15, -0.1) is 6.58 Å². The maximum Gasteiger partial charge on any atom is 0.191 e. The molecular weight excluding hydrogens is 224 g/mol. The molecule has 1 aromatic rings. The molecule has 0 heterocycles. The molecule has 0 radical (unpaired) electrons. The Morgan fingerprint density at radius 3 is 2.83 bits per heavy atom. The average Bonchev–Trinajstić information content (AvgIpc) is 2.36. The summed E-state index contributed by atoms with van der Waals surface area (Å²) < 4.78 is 5.56. The highest BCUT2D eigenvalue weighted by Gasteiger charge is 2.17. The van der Waals surface area contributed by atoms with Crippen LogP contribution in [0.5, 0.6) is 0 Å². The molecule has 0 aliphatic rings. The topological polar surface area (TPSA) is 26.3 Å². The van der Waals surface area contributed by atoms with Gasteiger partial charge in [-0.3, -0.25) is 4.79 Å². The molecule has 18 heavy (non-hydrogen) atoms. The van der Waals surface area contributed by atoms with Crippen LogP contribution in [0.25, 0.3) is 0 Å². The summed E-state index contributed by atoms with van der Waals surface area (Å²) in [4.78, 5) is 12.2. The molecule has 0 amide bonds. The first-order chi connectivity index (χ1) is 8.56. The second kappa shape index (κ2) is 7.12. The van der Waals surface area contributed by atoms with Gasteiger partial charge in [0.1, 0.15) is 6.10 Å². The van der Waals surface area contributed by atoms with Crippen molar-refractivity contribution in [2.75, 3.05) is 6.61 Å². The van der Waals surface area contributed by atoms with Crippen molar-refractivity contribution in [1.29, 1.82) is 0 Å². The van der Waals surface area contributed by atoms with Crippen LogP contribution in [0.3, 0.4) is 0 Å². The van der Waals surface area contributed by atoms with Gasteiger partial charge in [0.2, 0.25) is 0 Å². The molecule has 1 aromatic carbocycles. The van der Waals surface area contributed by atoms with Crippen molar-refractivity contribution in [2.45, 2.75) is 39.7 Å². The van der Waals surface area contributed by atoms with Gasteiger partial charge >= 0.3 is 0 Å². The molecule has 1 unspecified atom stereocenters. The van der Waals surface area contributed by atoms with Crippen LogP contribution in [-0.2, 0) is 4.74 Å². The molecule has 0 N–H and O–H groups in total. The third kappa shape index (κ3) is 4.11. The van der Waals surface area contributed by atoms with E-state index in [0.717, 1.165) is 29.5 Å². The monoisotopic (exact) mass is 246 g/mol. The maximum atomic E-state index is 12.2. The van der Waals surface area contributed by atoms with Crippen molar-refractivity contribution in [3.63, 3.8) is 0 Å². The SMILES string of the molecule is C=CCCCOC(C)C(=O)c1cc(C)ccc1C. The van der Waals surface area contributed by atoms with Crippen molar-refractivity contribution in [1.82, 2.24) is 0 Å². The van der Waals surface area contributed by atoms with Gasteiger partial charge in [0.05, 0.1) is 0 Å². The van der Waals surface area contributed by atoms with Gasteiger partial charge in [-0.25, -0.2) is 0 Å². The van der Waals surface area contributed by atoms with E-state index < -0.39 is 0 Å². The molecule has 2 heteroatoms. The Bertz CT molecular complexity index is 421. The summed E-state index contributed by atoms with van der Waals surface area (Å²) >= 11 is 0. The van der Waals surface area contributed by atoms with E-state index in [1.54, 1.807) is 0 Å². The first kappa shape index (κ1) is 14.7. The maximum absolute atomic E-state index is 12.2. The number of carbonyl (C=O) groups excluding carboxylic acids is 1. The molecule has 0 saturated carbocycles. The summed E-state index contributed by atoms with van der Waals surface area (Å²) in [5.74, 6) is 0.0646. The van der Waals surface area contributed by atoms with Gasteiger partial charge in [0.15, 0.2) is 5.78 Å². The summed E-state index contributed by atoms with van der Waals surface area (Å²) in [6.07, 6.45) is 3.31. The van der Waals surface area contributed by atoms with E-state index in [4.69, 9.17) is 4.74 Å². The van der Waals surface area contributed by atoms with Gasteiger partial charge < -0.3 is 4.74 Å². The zero-order valence-electron chi connectivity index (χ0n) is 11.5. The average molecular weight is 246 g/mol. The first-order valence-electron chi connectivity index (χ1n) is 6.40. The minimum Gasteiger partial charge on any atom is -0.370 e. The summed E-state index contributed by atoms with van der Waals surface area (Å²) in [6, 6.07) is 5.93. The Hall–Kier alpha value is -1.41. The van der Waals surface area contributed by atoms with E-state index >= 15 is 0 Å². The number of ketones is 1. The Labute approximate surface area is 110 Å². The molecule has 1 rings (SSSR count). The number of benzene rings is 1. The standard InChI is InChI=1S/C16H22O2/c1-5-6-7-10-18-14(4)16(17)15-11-12(2)8-9-13(15)3/h5,8-9,11,14H,1,6-7,10H2,2-4H3. The fourth-order valence-electron chi connectivity index (χ4n) is 1.78. The molecule has 0 spiro atoms. The lowest BCUT2D eigenvalue weighted by Gasteiger charge is -2.13. The molecule has 0 aromatic heterocycles. The zero-order chi connectivity index (χ0) is 13.5. The Morgan fingerprint density at radius 1 is 1.44 bits per heavy atom. The van der Waals surface area contributed by atoms with Gasteiger partial charge in [0.25, 0.3) is 0 Å². The first-order valence-corrected chi connectivity index (χ1v) is 6.40. The normalized spacial score (nSPS) is 12.2. The largest absolute Gasteiger partial charge is 0.370 e. The number of rotatable bonds is 7. The smallest absolute Gasteiger partial charge is 0.191 e. The fraction of sp³-hybridized carbons (Fsp3) is 0.438. The third-order valence-corrected chi connectivity index (χ3v) is 2.95. The Kier molecular flexibility index (Phi) is 5.79. The molecule has 1 atom stereocenters. The van der Waals surface area contributed by atoms with Crippen molar-refractivity contribution in [2.24, 2.45) is 0 Å². The lowest BCUT2D eigenvalue weighted by Crippen LogP contribution is -2.22. The third-order valence-electron chi connectivity index (χ3n) is 2.95. The molecule has 0 aliphatic heterocycles. The highest BCUT2D eigenvalue weighted by atomic mass is 16.5. The van der Waals surface area contributed by atoms with Gasteiger partial charge in [0, 0.05) is 12.2 Å². The predicted molar refractivity (Wildman–Crippen MR) is 75.1 cm³/mol. The van der Waals surface area contributed by atoms with Crippen LogP contribution in [0.4, 0.5) is 0 Å². The van der Waals surface area contributed by atoms with Crippen LogP contribution in [0.1, 0.15) is 41.3 Å². The summed E-state index contributed by atoms with van der Waals surface area (Å²) in [6.45, 7) is 10.0. The molecule has 0 saturated heterocycles. The van der Waals surface area contributed by atoms with E-state index in [-0.39, 0.29) is 11.9 Å². The van der Waals surface area contributed by atoms with Crippen molar-refractivity contribution >= 4 is 5.78 Å². The zero-order valence-corrected chi connectivity index (χ0v) is 11.5. The van der Waals surface area contributed by atoms with E-state index in [1.165, 1.54) is 0 Å². The highest BCUT2D eigenvalue weighted by Crippen LogP contribution is 2.14. The summed E-state index contributed by atoms with van der Waals surface area (Å²) in [5.41, 5.74) is 2.88. The summed E-state index contributed by atoms with van der Waals surface area (Å²) in [7, 11) is 0. The van der Waals surface area contributed by atoms with Crippen molar-refractivity contribution in [3.8, 4) is 0 Å². The lowest BCUT2D eigenvalue weighted by molar-refractivity contribution is 0.0470. The van der Waals surface area contributed by atoms with Gasteiger partial charge in [-0.05, 0) is 45.2 Å². The van der Waals surface area contributed by atoms with Gasteiger partial charge in [-0.1, -0.05) is 23.8 Å². The summed E-state index contributed by atoms with van der Waals surface area (Å²) in [5, 5.41) is 0. The molecule has 0 aliphatic carbocycles. The van der Waals surface area contributed by atoms with E-state index in [0.29, 0.717) is 6.61 Å². The van der Waals surface area contributed by atoms with Crippen LogP contribution in [0.15, 0.2) is 30.9 Å². The van der Waals surface area contributed by atoms with Gasteiger partial charge in [-0.2, -0.15) is 0 Å². The number of hydrogen-bond donors (Lipinski definition) is 0. The molecule has 0 fully saturated rings. The van der Waals surface area contributed by atoms with Crippen LogP contribution < -0.4 is 0 Å². The van der Waals surface area contributed by atoms with Crippen molar-refractivity contribution in [3.05, 3.63) is 47.5 Å². The highest BCUT2D eigenvalue weighted by molar-refractivity contribution is 6.00. The number of allylic oxidation sites excluding steroid dienone is 1. The van der Waals surface area contributed by atoms with Crippen LogP contribution in [0, 0.1) is 13.8 Å². The molecular formula is C16H22O2. The Morgan fingerprint density at radius 2 is 2.17 bits per heavy atom. The number of hydrogen-bond acceptors (Lipinski definition) is 2. The fourth-order valence-corrected chi connectivity index (χ4v) is 1.78. The number of carbonyl (C=O) groups is 1. The van der Waals surface area contributed by atoms with Crippen LogP contribution >= 0.6 is 0 Å². The number of Topliss-reactive ketones (excluding diaryl/α,β-unsaturated/α-hetero) is 1. The van der Waals surface area contributed by atoms with E-state index in [9.17, 15) is 4.79 Å². The number of ether oxygens (including phenoxy) is 1. The lowest BCUT2D eigenvalue weighted by atomic mass is 9.99. The van der Waals surface area contributed by atoms with Crippen molar-refractivity contribution < 1.29 is 9.53 Å². The Balaban J connectivity index is 2.62. The molecule has 2 nitrogen and oxygen atoms in total. The number of aryl methyl sites for hydroxylation is 2. The molecule has 98 valence electrons. The minimum absolute atomic E-state index is 0.0646.